The van der Waals surface area contributed by atoms with Crippen LogP contribution in [0.5, 0.6) is 0 Å². The van der Waals surface area contributed by atoms with Gasteiger partial charge in [-0.2, -0.15) is 0 Å². The minimum Gasteiger partial charge on any atom is -0.479 e. The van der Waals surface area contributed by atoms with Gasteiger partial charge >= 0.3 is 5.97 Å². The Bertz CT molecular complexity index is 556. The van der Waals surface area contributed by atoms with Gasteiger partial charge in [-0.15, -0.1) is 0 Å². The van der Waals surface area contributed by atoms with Gasteiger partial charge < -0.3 is 15.2 Å². The Balaban J connectivity index is 2.45. The van der Waals surface area contributed by atoms with E-state index in [0.29, 0.717) is 5.56 Å². The average molecular weight is 271 g/mol. The van der Waals surface area contributed by atoms with Crippen LogP contribution in [0.1, 0.15) is 5.56 Å². The molecule has 20 heavy (non-hydrogen) atoms. The third-order valence-electron chi connectivity index (χ3n) is 3.12. The fourth-order valence-corrected chi connectivity index (χ4v) is 2.14. The van der Waals surface area contributed by atoms with Crippen molar-refractivity contribution in [3.05, 3.63) is 66.2 Å². The monoisotopic (exact) mass is 271 g/mol. The quantitative estimate of drug-likeness (QED) is 0.848. The van der Waals surface area contributed by atoms with E-state index in [4.69, 9.17) is 4.74 Å². The van der Waals surface area contributed by atoms with Gasteiger partial charge in [-0.1, -0.05) is 48.5 Å². The van der Waals surface area contributed by atoms with Gasteiger partial charge in [0.1, 0.15) is 0 Å². The normalized spacial score (nSPS) is 13.4. The molecule has 0 aliphatic rings. The van der Waals surface area contributed by atoms with Crippen LogP contribution in [0.3, 0.4) is 0 Å². The highest BCUT2D eigenvalue weighted by atomic mass is 16.5. The van der Waals surface area contributed by atoms with E-state index in [2.05, 4.69) is 5.32 Å². The van der Waals surface area contributed by atoms with Crippen LogP contribution < -0.4 is 5.32 Å². The van der Waals surface area contributed by atoms with Gasteiger partial charge in [-0.05, 0) is 17.7 Å². The van der Waals surface area contributed by atoms with E-state index in [1.807, 2.05) is 48.5 Å². The highest BCUT2D eigenvalue weighted by Crippen LogP contribution is 2.27. The number of aliphatic carboxylic acids is 1. The van der Waals surface area contributed by atoms with Gasteiger partial charge in [0, 0.05) is 12.8 Å². The van der Waals surface area contributed by atoms with Crippen LogP contribution in [0, 0.1) is 0 Å². The maximum Gasteiger partial charge on any atom is 0.336 e. The van der Waals surface area contributed by atoms with E-state index in [1.54, 1.807) is 12.1 Å². The minimum absolute atomic E-state index is 0.0290. The Morgan fingerprint density at radius 2 is 1.65 bits per heavy atom. The van der Waals surface area contributed by atoms with Crippen molar-refractivity contribution in [3.63, 3.8) is 0 Å². The molecule has 0 saturated heterocycles. The molecule has 2 aromatic rings. The lowest BCUT2D eigenvalue weighted by Gasteiger charge is -2.31. The van der Waals surface area contributed by atoms with E-state index in [-0.39, 0.29) is 6.61 Å². The first kappa shape index (κ1) is 14.1. The second kappa shape index (κ2) is 6.21. The van der Waals surface area contributed by atoms with E-state index in [9.17, 15) is 9.90 Å². The number of methoxy groups -OCH3 is 1. The fraction of sp³-hybridized carbons (Fsp3) is 0.188. The molecule has 0 heterocycles. The fourth-order valence-electron chi connectivity index (χ4n) is 2.14. The number of hydrogen-bond acceptors (Lipinski definition) is 3. The zero-order valence-electron chi connectivity index (χ0n) is 11.2. The highest BCUT2D eigenvalue weighted by molar-refractivity contribution is 5.85. The number of carbonyl (C=O) groups is 1. The standard InChI is InChI=1S/C16H17NO3/c1-20-12-16(15(18)19,13-8-4-2-5-9-13)17-14-10-6-3-7-11-14/h2-11,17H,12H2,1H3,(H,18,19). The highest BCUT2D eigenvalue weighted by Gasteiger charge is 2.40. The number of ether oxygens (including phenoxy) is 1. The van der Waals surface area contributed by atoms with Crippen LogP contribution in [-0.4, -0.2) is 24.8 Å². The number of anilines is 1. The number of rotatable bonds is 6. The van der Waals surface area contributed by atoms with E-state index in [0.717, 1.165) is 5.69 Å². The minimum atomic E-state index is -1.31. The van der Waals surface area contributed by atoms with Crippen molar-refractivity contribution in [3.8, 4) is 0 Å². The molecule has 2 N–H and O–H groups in total. The molecule has 0 aliphatic heterocycles. The van der Waals surface area contributed by atoms with Gasteiger partial charge in [0.25, 0.3) is 0 Å². The Labute approximate surface area is 118 Å². The summed E-state index contributed by atoms with van der Waals surface area (Å²) in [4.78, 5) is 11.9. The molecule has 0 aromatic heterocycles. The number of carboxylic acid groups (broad SMARTS) is 1. The van der Waals surface area contributed by atoms with Gasteiger partial charge in [0.2, 0.25) is 0 Å². The largest absolute Gasteiger partial charge is 0.479 e. The molecule has 104 valence electrons. The van der Waals surface area contributed by atoms with Gasteiger partial charge in [-0.25, -0.2) is 4.79 Å². The Hall–Kier alpha value is -2.33. The summed E-state index contributed by atoms with van der Waals surface area (Å²) in [7, 11) is 1.49. The zero-order chi connectivity index (χ0) is 14.4. The first-order valence-corrected chi connectivity index (χ1v) is 6.30. The molecule has 1 atom stereocenters. The first-order chi connectivity index (χ1) is 9.69. The molecular weight excluding hydrogens is 254 g/mol. The number of nitrogens with one attached hydrogen (secondary N) is 1. The summed E-state index contributed by atoms with van der Waals surface area (Å²) < 4.78 is 5.15. The average Bonchev–Trinajstić information content (AvgIpc) is 2.48. The molecule has 0 aliphatic carbocycles. The smallest absolute Gasteiger partial charge is 0.336 e. The van der Waals surface area contributed by atoms with Crippen molar-refractivity contribution >= 4 is 11.7 Å². The Morgan fingerprint density at radius 3 is 2.15 bits per heavy atom. The second-order valence-corrected chi connectivity index (χ2v) is 4.50. The molecule has 2 rings (SSSR count). The van der Waals surface area contributed by atoms with Crippen molar-refractivity contribution in [1.82, 2.24) is 0 Å². The molecule has 4 nitrogen and oxygen atoms in total. The molecular formula is C16H17NO3. The topological polar surface area (TPSA) is 58.6 Å². The van der Waals surface area contributed by atoms with E-state index >= 15 is 0 Å². The summed E-state index contributed by atoms with van der Waals surface area (Å²) in [6.07, 6.45) is 0. The summed E-state index contributed by atoms with van der Waals surface area (Å²) in [6, 6.07) is 18.3. The molecule has 0 bridgehead atoms. The van der Waals surface area contributed by atoms with Crippen molar-refractivity contribution in [2.24, 2.45) is 0 Å². The van der Waals surface area contributed by atoms with Gasteiger partial charge in [-0.3, -0.25) is 0 Å². The van der Waals surface area contributed by atoms with Crippen LogP contribution in [0.2, 0.25) is 0 Å². The summed E-state index contributed by atoms with van der Waals surface area (Å²) in [5, 5.41) is 12.8. The third-order valence-corrected chi connectivity index (χ3v) is 3.12. The van der Waals surface area contributed by atoms with Gasteiger partial charge in [0.05, 0.1) is 6.61 Å². The molecule has 0 saturated carbocycles. The summed E-state index contributed by atoms with van der Waals surface area (Å²) >= 11 is 0. The Kier molecular flexibility index (Phi) is 4.38. The third kappa shape index (κ3) is 2.81. The maximum absolute atomic E-state index is 11.9. The predicted molar refractivity (Wildman–Crippen MR) is 77.7 cm³/mol. The number of carboxylic acids is 1. The SMILES string of the molecule is COCC(Nc1ccccc1)(C(=O)O)c1ccccc1. The van der Waals surface area contributed by atoms with Crippen LogP contribution in [-0.2, 0) is 15.1 Å². The number of para-hydroxylation sites is 1. The summed E-state index contributed by atoms with van der Waals surface area (Å²) in [6.45, 7) is 0.0290. The molecule has 1 unspecified atom stereocenters. The van der Waals surface area contributed by atoms with E-state index in [1.165, 1.54) is 7.11 Å². The van der Waals surface area contributed by atoms with Crippen molar-refractivity contribution in [1.29, 1.82) is 0 Å². The van der Waals surface area contributed by atoms with Crippen LogP contribution in [0.25, 0.3) is 0 Å². The lowest BCUT2D eigenvalue weighted by atomic mass is 9.90. The molecule has 0 radical (unpaired) electrons. The predicted octanol–water partition coefficient (Wildman–Crippen LogP) is 2.73. The maximum atomic E-state index is 11.9. The van der Waals surface area contributed by atoms with Crippen LogP contribution >= 0.6 is 0 Å². The summed E-state index contributed by atoms with van der Waals surface area (Å²) in [5.41, 5.74) is 0.0752. The zero-order valence-corrected chi connectivity index (χ0v) is 11.2. The van der Waals surface area contributed by atoms with Gasteiger partial charge in [0.15, 0.2) is 5.54 Å². The molecule has 0 amide bonds. The summed E-state index contributed by atoms with van der Waals surface area (Å²) in [5.74, 6) is -0.977. The lowest BCUT2D eigenvalue weighted by molar-refractivity contribution is -0.144. The van der Waals surface area contributed by atoms with Crippen LogP contribution in [0.15, 0.2) is 60.7 Å². The van der Waals surface area contributed by atoms with Crippen molar-refractivity contribution in [2.75, 3.05) is 19.0 Å². The molecule has 0 fully saturated rings. The lowest BCUT2D eigenvalue weighted by Crippen LogP contribution is -2.47. The number of benzene rings is 2. The molecule has 2 aromatic carbocycles. The van der Waals surface area contributed by atoms with Crippen LogP contribution in [0.4, 0.5) is 5.69 Å². The van der Waals surface area contributed by atoms with Crippen molar-refractivity contribution in [2.45, 2.75) is 5.54 Å². The number of hydrogen-bond donors (Lipinski definition) is 2. The molecule has 0 spiro atoms. The Morgan fingerprint density at radius 1 is 1.10 bits per heavy atom. The second-order valence-electron chi connectivity index (χ2n) is 4.50. The molecule has 4 heteroatoms. The first-order valence-electron chi connectivity index (χ1n) is 6.30. The van der Waals surface area contributed by atoms with E-state index < -0.39 is 11.5 Å². The van der Waals surface area contributed by atoms with Crippen molar-refractivity contribution < 1.29 is 14.6 Å².